The zero-order chi connectivity index (χ0) is 13.8. The number of benzene rings is 1. The van der Waals surface area contributed by atoms with Crippen LogP contribution in [0.5, 0.6) is 11.5 Å². The van der Waals surface area contributed by atoms with Crippen LogP contribution in [0, 0.1) is 0 Å². The van der Waals surface area contributed by atoms with Crippen LogP contribution in [0.2, 0.25) is 0 Å². The Balaban J connectivity index is 2.16. The highest BCUT2D eigenvalue weighted by molar-refractivity contribution is 7.98. The first-order chi connectivity index (χ1) is 9.11. The molecule has 0 spiro atoms. The predicted octanol–water partition coefficient (Wildman–Crippen LogP) is 1.74. The lowest BCUT2D eigenvalue weighted by atomic mass is 10.1. The molecular weight excluding hydrogens is 266 g/mol. The fourth-order valence-electron chi connectivity index (χ4n) is 1.79. The van der Waals surface area contributed by atoms with Gasteiger partial charge in [0.25, 0.3) is 0 Å². The number of carboxylic acid groups (broad SMARTS) is 1. The molecule has 1 unspecified atom stereocenters. The zero-order valence-electron chi connectivity index (χ0n) is 10.9. The molecule has 0 fully saturated rings. The minimum atomic E-state index is -0.858. The summed E-state index contributed by atoms with van der Waals surface area (Å²) in [6.07, 6.45) is 1.98. The summed E-state index contributed by atoms with van der Waals surface area (Å²) in [6.45, 7) is 3.22. The second kappa shape index (κ2) is 6.16. The van der Waals surface area contributed by atoms with Gasteiger partial charge in [-0.25, -0.2) is 0 Å². The number of ether oxygens (including phenoxy) is 2. The van der Waals surface area contributed by atoms with Gasteiger partial charge in [0.1, 0.15) is 19.3 Å². The molecule has 0 aliphatic carbocycles. The Morgan fingerprint density at radius 2 is 2.05 bits per heavy atom. The molecule has 19 heavy (non-hydrogen) atoms. The van der Waals surface area contributed by atoms with E-state index in [9.17, 15) is 4.79 Å². The summed E-state index contributed by atoms with van der Waals surface area (Å²) in [7, 11) is 0. The summed E-state index contributed by atoms with van der Waals surface area (Å²) in [6, 6.07) is 3.28. The Bertz CT molecular complexity index is 478. The Morgan fingerprint density at radius 3 is 2.63 bits per heavy atom. The highest BCUT2D eigenvalue weighted by atomic mass is 32.2. The van der Waals surface area contributed by atoms with E-state index in [2.05, 4.69) is 5.32 Å². The smallest absolute Gasteiger partial charge is 0.320 e. The van der Waals surface area contributed by atoms with Gasteiger partial charge in [-0.2, -0.15) is 0 Å². The maximum atomic E-state index is 10.8. The highest BCUT2D eigenvalue weighted by Gasteiger charge is 2.17. The van der Waals surface area contributed by atoms with E-state index >= 15 is 0 Å². The van der Waals surface area contributed by atoms with E-state index in [0.29, 0.717) is 19.8 Å². The van der Waals surface area contributed by atoms with Crippen molar-refractivity contribution in [3.63, 3.8) is 0 Å². The van der Waals surface area contributed by atoms with Gasteiger partial charge in [-0.3, -0.25) is 4.79 Å². The lowest BCUT2D eigenvalue weighted by Crippen LogP contribution is -2.33. The second-order valence-corrected chi connectivity index (χ2v) is 5.10. The Kier molecular flexibility index (Phi) is 4.55. The topological polar surface area (TPSA) is 67.8 Å². The Labute approximate surface area is 116 Å². The zero-order valence-corrected chi connectivity index (χ0v) is 11.8. The van der Waals surface area contributed by atoms with Crippen LogP contribution in [0.4, 0.5) is 0 Å². The number of carboxylic acids is 1. The highest BCUT2D eigenvalue weighted by Crippen LogP contribution is 2.36. The van der Waals surface area contributed by atoms with E-state index in [1.807, 2.05) is 18.4 Å². The van der Waals surface area contributed by atoms with Crippen molar-refractivity contribution >= 4 is 17.7 Å². The van der Waals surface area contributed by atoms with Crippen molar-refractivity contribution in [2.45, 2.75) is 24.4 Å². The summed E-state index contributed by atoms with van der Waals surface area (Å²) in [5, 5.41) is 11.8. The monoisotopic (exact) mass is 283 g/mol. The first-order valence-corrected chi connectivity index (χ1v) is 7.27. The van der Waals surface area contributed by atoms with Gasteiger partial charge >= 0.3 is 5.97 Å². The van der Waals surface area contributed by atoms with Crippen molar-refractivity contribution in [2.75, 3.05) is 19.5 Å². The van der Waals surface area contributed by atoms with Gasteiger partial charge < -0.3 is 19.9 Å². The van der Waals surface area contributed by atoms with E-state index in [4.69, 9.17) is 14.6 Å². The lowest BCUT2D eigenvalue weighted by molar-refractivity contribution is -0.139. The number of aliphatic carboxylic acids is 1. The lowest BCUT2D eigenvalue weighted by Gasteiger charge is -2.21. The quantitative estimate of drug-likeness (QED) is 0.802. The molecule has 0 amide bonds. The van der Waals surface area contributed by atoms with Crippen LogP contribution in [0.15, 0.2) is 17.0 Å². The fourth-order valence-corrected chi connectivity index (χ4v) is 2.41. The van der Waals surface area contributed by atoms with Crippen LogP contribution in [0.3, 0.4) is 0 Å². The van der Waals surface area contributed by atoms with Crippen LogP contribution in [0.25, 0.3) is 0 Å². The van der Waals surface area contributed by atoms with Crippen LogP contribution in [-0.4, -0.2) is 36.6 Å². The first kappa shape index (κ1) is 14.0. The van der Waals surface area contributed by atoms with Crippen molar-refractivity contribution in [1.29, 1.82) is 0 Å². The van der Waals surface area contributed by atoms with Crippen LogP contribution >= 0.6 is 11.8 Å². The number of hydrogen-bond donors (Lipinski definition) is 2. The molecule has 1 heterocycles. The van der Waals surface area contributed by atoms with Crippen molar-refractivity contribution in [3.8, 4) is 11.5 Å². The van der Waals surface area contributed by atoms with Gasteiger partial charge in [0.05, 0.1) is 0 Å². The number of hydrogen-bond acceptors (Lipinski definition) is 5. The maximum Gasteiger partial charge on any atom is 0.320 e. The van der Waals surface area contributed by atoms with E-state index < -0.39 is 12.0 Å². The average Bonchev–Trinajstić information content (AvgIpc) is 2.43. The molecule has 104 valence electrons. The molecule has 2 N–H and O–H groups in total. The molecule has 5 nitrogen and oxygen atoms in total. The summed E-state index contributed by atoms with van der Waals surface area (Å²) in [5.41, 5.74) is 1.02. The molecule has 0 saturated heterocycles. The molecule has 1 atom stereocenters. The predicted molar refractivity (Wildman–Crippen MR) is 73.2 cm³/mol. The van der Waals surface area contributed by atoms with Gasteiger partial charge in [-0.05, 0) is 30.9 Å². The molecule has 2 rings (SSSR count). The third kappa shape index (κ3) is 3.33. The normalized spacial score (nSPS) is 15.1. The number of carbonyl (C=O) groups is 1. The van der Waals surface area contributed by atoms with Gasteiger partial charge in [0.2, 0.25) is 0 Å². The maximum absolute atomic E-state index is 10.8. The summed E-state index contributed by atoms with van der Waals surface area (Å²) < 4.78 is 11.1. The van der Waals surface area contributed by atoms with Crippen molar-refractivity contribution in [1.82, 2.24) is 5.32 Å². The van der Waals surface area contributed by atoms with Crippen molar-refractivity contribution < 1.29 is 19.4 Å². The van der Waals surface area contributed by atoms with Gasteiger partial charge in [-0.15, -0.1) is 11.8 Å². The molecule has 1 aromatic rings. The minimum Gasteiger partial charge on any atom is -0.486 e. The molecule has 1 aliphatic rings. The van der Waals surface area contributed by atoms with Gasteiger partial charge in [0, 0.05) is 11.4 Å². The van der Waals surface area contributed by atoms with E-state index in [1.54, 1.807) is 18.7 Å². The summed E-state index contributed by atoms with van der Waals surface area (Å²) >= 11 is 1.61. The van der Waals surface area contributed by atoms with Crippen molar-refractivity contribution in [2.24, 2.45) is 0 Å². The molecule has 1 aromatic carbocycles. The molecule has 6 heteroatoms. The molecule has 0 saturated carbocycles. The van der Waals surface area contributed by atoms with Gasteiger partial charge in [0.15, 0.2) is 11.5 Å². The third-order valence-electron chi connectivity index (χ3n) is 2.91. The number of fused-ring (bicyclic) bond motifs is 1. The Hall–Kier alpha value is -1.40. The number of rotatable bonds is 5. The molecule has 0 radical (unpaired) electrons. The van der Waals surface area contributed by atoms with Crippen molar-refractivity contribution in [3.05, 3.63) is 17.7 Å². The van der Waals surface area contributed by atoms with E-state index in [-0.39, 0.29) is 0 Å². The standard InChI is InChI=1S/C13H17NO4S/c1-8(13(15)16)14-7-9-5-10-11(6-12(9)19-2)18-4-3-17-10/h5-6,8,14H,3-4,7H2,1-2H3,(H,15,16). The molecule has 1 aliphatic heterocycles. The van der Waals surface area contributed by atoms with Gasteiger partial charge in [-0.1, -0.05) is 0 Å². The van der Waals surface area contributed by atoms with Crippen LogP contribution in [0.1, 0.15) is 12.5 Å². The molecule has 0 aromatic heterocycles. The largest absolute Gasteiger partial charge is 0.486 e. The molecule has 0 bridgehead atoms. The van der Waals surface area contributed by atoms with Crippen LogP contribution in [-0.2, 0) is 11.3 Å². The summed E-state index contributed by atoms with van der Waals surface area (Å²) in [4.78, 5) is 11.9. The number of thioether (sulfide) groups is 1. The third-order valence-corrected chi connectivity index (χ3v) is 3.73. The Morgan fingerprint density at radius 1 is 1.42 bits per heavy atom. The SMILES string of the molecule is CSc1cc2c(cc1CNC(C)C(=O)O)OCCO2. The molecular formula is C13H17NO4S. The number of nitrogens with one attached hydrogen (secondary N) is 1. The first-order valence-electron chi connectivity index (χ1n) is 6.04. The van der Waals surface area contributed by atoms with E-state index in [1.165, 1.54) is 0 Å². The summed E-state index contributed by atoms with van der Waals surface area (Å²) in [5.74, 6) is 0.623. The fraction of sp³-hybridized carbons (Fsp3) is 0.462. The second-order valence-electron chi connectivity index (χ2n) is 4.25. The van der Waals surface area contributed by atoms with E-state index in [0.717, 1.165) is 22.0 Å². The minimum absolute atomic E-state index is 0.486. The van der Waals surface area contributed by atoms with Crippen LogP contribution < -0.4 is 14.8 Å². The average molecular weight is 283 g/mol.